The van der Waals surface area contributed by atoms with Gasteiger partial charge in [-0.2, -0.15) is 5.10 Å². The minimum atomic E-state index is -0.465. The first-order valence-electron chi connectivity index (χ1n) is 12.2. The fourth-order valence-corrected chi connectivity index (χ4v) is 5.28. The third kappa shape index (κ3) is 6.74. The number of aromatic nitrogens is 2. The van der Waals surface area contributed by atoms with Crippen LogP contribution in [0.15, 0.2) is 95.4 Å². The van der Waals surface area contributed by atoms with Crippen LogP contribution in [0, 0.1) is 0 Å². The van der Waals surface area contributed by atoms with Gasteiger partial charge in [-0.05, 0) is 30.7 Å². The first-order valence-corrected chi connectivity index (χ1v) is 13.6. The predicted molar refractivity (Wildman–Crippen MR) is 155 cm³/mol. The van der Waals surface area contributed by atoms with Gasteiger partial charge in [0.25, 0.3) is 0 Å². The molecular weight excluding hydrogens is 536 g/mol. The molecular formula is C29H29ClN4O4S. The van der Waals surface area contributed by atoms with Crippen molar-refractivity contribution < 1.29 is 19.1 Å². The van der Waals surface area contributed by atoms with Crippen molar-refractivity contribution in [2.24, 2.45) is 5.73 Å². The lowest BCUT2D eigenvalue weighted by Gasteiger charge is -2.29. The van der Waals surface area contributed by atoms with Crippen LogP contribution in [0.25, 0.3) is 11.1 Å². The largest absolute Gasteiger partial charge is 0.490 e. The van der Waals surface area contributed by atoms with Gasteiger partial charge in [0.15, 0.2) is 0 Å². The fourth-order valence-electron chi connectivity index (χ4n) is 4.03. The molecule has 2 N–H and O–H groups in total. The minimum Gasteiger partial charge on any atom is -0.490 e. The van der Waals surface area contributed by atoms with Crippen LogP contribution in [0.1, 0.15) is 22.8 Å². The number of nitrogens with zero attached hydrogens (tertiary/aromatic N) is 3. The lowest BCUT2D eigenvalue weighted by Crippen LogP contribution is -2.36. The molecule has 39 heavy (non-hydrogen) atoms. The molecule has 1 aliphatic rings. The molecule has 8 nitrogen and oxygen atoms in total. The molecule has 2 amide bonds. The quantitative estimate of drug-likeness (QED) is 0.185. The summed E-state index contributed by atoms with van der Waals surface area (Å²) in [6.45, 7) is 10.5. The average Bonchev–Trinajstić information content (AvgIpc) is 3.41. The van der Waals surface area contributed by atoms with Crippen LogP contribution in [-0.2, 0) is 16.0 Å². The maximum atomic E-state index is 12.9. The molecule has 10 heteroatoms. The van der Waals surface area contributed by atoms with Crippen molar-refractivity contribution in [3.8, 4) is 11.1 Å². The lowest BCUT2D eigenvalue weighted by molar-refractivity contribution is 0.1000. The first-order chi connectivity index (χ1) is 18.8. The van der Waals surface area contributed by atoms with Crippen LogP contribution >= 0.6 is 23.4 Å². The number of halogens is 1. The van der Waals surface area contributed by atoms with Crippen molar-refractivity contribution in [3.05, 3.63) is 102 Å². The summed E-state index contributed by atoms with van der Waals surface area (Å²) in [6, 6.07) is 13.0. The second kappa shape index (κ2) is 12.7. The summed E-state index contributed by atoms with van der Waals surface area (Å²) < 4.78 is 12.9. The van der Waals surface area contributed by atoms with E-state index in [9.17, 15) is 9.59 Å². The Morgan fingerprint density at radius 2 is 1.97 bits per heavy atom. The van der Waals surface area contributed by atoms with Crippen molar-refractivity contribution in [1.82, 2.24) is 9.78 Å². The molecule has 0 bridgehead atoms. The smallest absolute Gasteiger partial charge is 0.414 e. The number of carbonyl (C=O) groups excluding carboxylic acids is 2. The van der Waals surface area contributed by atoms with Crippen LogP contribution in [0.3, 0.4) is 0 Å². The second-order valence-electron chi connectivity index (χ2n) is 8.71. The van der Waals surface area contributed by atoms with Crippen molar-refractivity contribution in [1.29, 1.82) is 0 Å². The molecule has 4 rings (SSSR count). The molecule has 1 aliphatic heterocycles. The molecule has 2 aromatic carbocycles. The van der Waals surface area contributed by atoms with E-state index in [0.29, 0.717) is 35.0 Å². The zero-order chi connectivity index (χ0) is 27.9. The van der Waals surface area contributed by atoms with Gasteiger partial charge in [-0.15, -0.1) is 11.8 Å². The Hall–Kier alpha value is -3.95. The van der Waals surface area contributed by atoms with E-state index >= 15 is 0 Å². The second-order valence-corrected chi connectivity index (χ2v) is 10.2. The number of primary amides is 1. The molecule has 0 fully saturated rings. The number of allylic oxidation sites excluding steroid dienone is 3. The highest BCUT2D eigenvalue weighted by molar-refractivity contribution is 7.99. The lowest BCUT2D eigenvalue weighted by atomic mass is 10.1. The van der Waals surface area contributed by atoms with Gasteiger partial charge < -0.3 is 15.2 Å². The standard InChI is InChI=1S/C29H29ClN4O4S/c1-4-25(30)19(2)20(3)37-12-13-38-29(36)34-11-14-39-27-24(9-6-10-26(27)34)23-16-32-33(18-23)17-21-7-5-8-22(15-21)28(31)35/h4-10,15-16,18H,1,3,11-14,17H2,2H3,(H2,31,35)/b25-19+. The Morgan fingerprint density at radius 1 is 1.21 bits per heavy atom. The SMILES string of the molecule is C=C/C(Cl)=C(/C)C(=C)OCCOC(=O)N1CCSc2c(-c3cnn(Cc4cccc(C(N)=O)c4)c3)cccc21. The Morgan fingerprint density at radius 3 is 2.74 bits per heavy atom. The Kier molecular flexibility index (Phi) is 9.16. The number of anilines is 1. The average molecular weight is 565 g/mol. The molecule has 2 heterocycles. The first kappa shape index (κ1) is 28.1. The number of carbonyl (C=O) groups is 2. The predicted octanol–water partition coefficient (Wildman–Crippen LogP) is 5.98. The van der Waals surface area contributed by atoms with E-state index in [-0.39, 0.29) is 13.2 Å². The number of amides is 2. The number of nitrogens with two attached hydrogens (primary N) is 1. The van der Waals surface area contributed by atoms with Gasteiger partial charge in [-0.25, -0.2) is 4.79 Å². The molecule has 0 atom stereocenters. The van der Waals surface area contributed by atoms with Crippen LogP contribution in [-0.4, -0.2) is 47.3 Å². The van der Waals surface area contributed by atoms with Crippen LogP contribution in [0.4, 0.5) is 10.5 Å². The summed E-state index contributed by atoms with van der Waals surface area (Å²) in [4.78, 5) is 27.1. The molecule has 0 aliphatic carbocycles. The summed E-state index contributed by atoms with van der Waals surface area (Å²) in [7, 11) is 0. The molecule has 0 unspecified atom stereocenters. The normalized spacial score (nSPS) is 13.2. The van der Waals surface area contributed by atoms with Crippen molar-refractivity contribution in [2.75, 3.05) is 30.4 Å². The van der Waals surface area contributed by atoms with E-state index in [4.69, 9.17) is 26.8 Å². The molecule has 202 valence electrons. The highest BCUT2D eigenvalue weighted by Gasteiger charge is 2.26. The van der Waals surface area contributed by atoms with Crippen LogP contribution in [0.5, 0.6) is 0 Å². The summed E-state index contributed by atoms with van der Waals surface area (Å²) in [6.07, 6.45) is 4.82. The fraction of sp³-hybridized carbons (Fsp3) is 0.207. The molecule has 0 spiro atoms. The van der Waals surface area contributed by atoms with Gasteiger partial charge in [0.05, 0.1) is 18.4 Å². The molecule has 0 saturated heterocycles. The summed E-state index contributed by atoms with van der Waals surface area (Å²) in [5.41, 5.74) is 10.2. The number of benzene rings is 2. The minimum absolute atomic E-state index is 0.0687. The van der Waals surface area contributed by atoms with Gasteiger partial charge in [0.1, 0.15) is 19.0 Å². The summed E-state index contributed by atoms with van der Waals surface area (Å²) >= 11 is 7.73. The van der Waals surface area contributed by atoms with Crippen LogP contribution < -0.4 is 10.6 Å². The number of ether oxygens (including phenoxy) is 2. The van der Waals surface area contributed by atoms with Crippen LogP contribution in [0.2, 0.25) is 0 Å². The number of hydrogen-bond donors (Lipinski definition) is 1. The van der Waals surface area contributed by atoms with Gasteiger partial charge in [-0.3, -0.25) is 14.4 Å². The molecule has 0 saturated carbocycles. The van der Waals surface area contributed by atoms with E-state index in [1.807, 2.05) is 30.5 Å². The topological polar surface area (TPSA) is 99.7 Å². The Balaban J connectivity index is 1.43. The number of rotatable bonds is 10. The number of thioether (sulfide) groups is 1. The summed E-state index contributed by atoms with van der Waals surface area (Å²) in [5, 5.41) is 4.96. The zero-order valence-corrected chi connectivity index (χ0v) is 23.1. The van der Waals surface area contributed by atoms with E-state index < -0.39 is 12.0 Å². The molecule has 3 aromatic rings. The number of hydrogen-bond acceptors (Lipinski definition) is 6. The maximum absolute atomic E-state index is 12.9. The van der Waals surface area contributed by atoms with Gasteiger partial charge in [-0.1, -0.05) is 55.1 Å². The molecule has 0 radical (unpaired) electrons. The Bertz CT molecular complexity index is 1450. The van der Waals surface area contributed by atoms with Crippen molar-refractivity contribution >= 4 is 41.1 Å². The van der Waals surface area contributed by atoms with Gasteiger partial charge in [0, 0.05) is 50.7 Å². The summed E-state index contributed by atoms with van der Waals surface area (Å²) in [5.74, 6) is 0.666. The van der Waals surface area contributed by atoms with E-state index in [0.717, 1.165) is 33.0 Å². The third-order valence-electron chi connectivity index (χ3n) is 6.11. The monoisotopic (exact) mass is 564 g/mol. The molecule has 1 aromatic heterocycles. The highest BCUT2D eigenvalue weighted by Crippen LogP contribution is 2.42. The van der Waals surface area contributed by atoms with Gasteiger partial charge in [0.2, 0.25) is 5.91 Å². The zero-order valence-electron chi connectivity index (χ0n) is 21.6. The van der Waals surface area contributed by atoms with Crippen molar-refractivity contribution in [2.45, 2.75) is 18.4 Å². The van der Waals surface area contributed by atoms with E-state index in [1.165, 1.54) is 6.08 Å². The number of fused-ring (bicyclic) bond motifs is 1. The van der Waals surface area contributed by atoms with E-state index in [1.54, 1.807) is 52.7 Å². The van der Waals surface area contributed by atoms with Crippen molar-refractivity contribution in [3.63, 3.8) is 0 Å². The third-order valence-corrected chi connectivity index (χ3v) is 7.65. The maximum Gasteiger partial charge on any atom is 0.414 e. The highest BCUT2D eigenvalue weighted by atomic mass is 35.5. The van der Waals surface area contributed by atoms with E-state index in [2.05, 4.69) is 18.3 Å². The Labute approximate surface area is 236 Å². The van der Waals surface area contributed by atoms with Gasteiger partial charge >= 0.3 is 6.09 Å².